The molecule has 1 heterocycles. The molecule has 3 unspecified atom stereocenters. The Morgan fingerprint density at radius 2 is 1.49 bits per heavy atom. The van der Waals surface area contributed by atoms with Gasteiger partial charge in [-0.05, 0) is 94.8 Å². The average Bonchev–Trinajstić information content (AvgIpc) is 3.13. The zero-order valence-corrected chi connectivity index (χ0v) is 32.3. The molecule has 0 aliphatic heterocycles. The van der Waals surface area contributed by atoms with E-state index in [-0.39, 0.29) is 87.9 Å². The Hall–Kier alpha value is -6.46. The minimum atomic E-state index is -1.22. The van der Waals surface area contributed by atoms with Crippen LogP contribution in [0.4, 0.5) is 0 Å². The van der Waals surface area contributed by atoms with Crippen LogP contribution in [0.25, 0.3) is 22.3 Å². The van der Waals surface area contributed by atoms with Crippen molar-refractivity contribution >= 4 is 16.8 Å². The van der Waals surface area contributed by atoms with Gasteiger partial charge in [0.05, 0.1) is 17.7 Å². The van der Waals surface area contributed by atoms with Gasteiger partial charge in [0.2, 0.25) is 5.43 Å². The van der Waals surface area contributed by atoms with E-state index in [9.17, 15) is 45.6 Å². The Balaban J connectivity index is 1.63. The first-order valence-electron chi connectivity index (χ1n) is 18.5. The van der Waals surface area contributed by atoms with Crippen molar-refractivity contribution in [3.8, 4) is 51.6 Å². The highest BCUT2D eigenvalue weighted by Crippen LogP contribution is 2.54. The molecule has 0 saturated carbocycles. The molecule has 0 saturated heterocycles. The van der Waals surface area contributed by atoms with Gasteiger partial charge in [-0.15, -0.1) is 0 Å². The third-order valence-corrected chi connectivity index (χ3v) is 10.5. The summed E-state index contributed by atoms with van der Waals surface area (Å²) in [5.74, 6) is -6.49. The summed E-state index contributed by atoms with van der Waals surface area (Å²) >= 11 is 0. The first-order valence-corrected chi connectivity index (χ1v) is 18.5. The minimum absolute atomic E-state index is 0.0375. The van der Waals surface area contributed by atoms with Crippen molar-refractivity contribution in [2.45, 2.75) is 72.3 Å². The zero-order chi connectivity index (χ0) is 41.5. The third kappa shape index (κ3) is 7.84. The van der Waals surface area contributed by atoms with E-state index in [2.05, 4.69) is 0 Å². The SMILES string of the molecule is CC(C)=CCc1cc(C(=O)C2C(c3c(O)cc4oc(-c5ccc(O)cc5O)c(CC=C(C)C)c(=O)c4c3O)C=C(C)CC2c2ccc(CO)cc2O)c(O)cc1O. The van der Waals surface area contributed by atoms with Gasteiger partial charge in [0.25, 0.3) is 0 Å². The fraction of sp³-hybridized carbons (Fsp3) is 0.261. The lowest BCUT2D eigenvalue weighted by Gasteiger charge is -2.37. The van der Waals surface area contributed by atoms with Crippen LogP contribution in [0.15, 0.2) is 98.8 Å². The molecule has 1 aromatic heterocycles. The standard InChI is InChI=1S/C46H46O11/c1-22(2)6-9-26-17-32(37(52)19-34(26)49)44(55)40-31(28-12-8-25(21-47)16-35(28)50)14-24(5)15-33(40)41-38(53)20-39-42(45(41)56)43(54)30(11-7-23(3)4)46(57-39)29-13-10-27(48)18-36(29)51/h6-8,10,12-13,15-20,31,33,40,47-53,56H,9,11,14,21H2,1-5H3. The van der Waals surface area contributed by atoms with Crippen molar-refractivity contribution in [1.29, 1.82) is 0 Å². The van der Waals surface area contributed by atoms with Crippen LogP contribution < -0.4 is 5.43 Å². The molecule has 4 aromatic carbocycles. The van der Waals surface area contributed by atoms with Crippen LogP contribution in [0.3, 0.4) is 0 Å². The van der Waals surface area contributed by atoms with Crippen molar-refractivity contribution in [3.63, 3.8) is 0 Å². The smallest absolute Gasteiger partial charge is 0.200 e. The van der Waals surface area contributed by atoms with E-state index >= 15 is 4.79 Å². The quantitative estimate of drug-likeness (QED) is 0.0497. The van der Waals surface area contributed by atoms with E-state index in [1.54, 1.807) is 31.2 Å². The second-order valence-corrected chi connectivity index (χ2v) is 15.2. The zero-order valence-electron chi connectivity index (χ0n) is 32.3. The van der Waals surface area contributed by atoms with Crippen molar-refractivity contribution < 1.29 is 50.1 Å². The molecule has 8 N–H and O–H groups in total. The molecule has 1 aliphatic rings. The first kappa shape index (κ1) is 40.2. The molecule has 0 fully saturated rings. The number of hydrogen-bond acceptors (Lipinski definition) is 11. The number of Topliss-reactive ketones (excluding diaryl/α,β-unsaturated/α-hetero) is 1. The van der Waals surface area contributed by atoms with E-state index in [4.69, 9.17) is 4.42 Å². The Morgan fingerprint density at radius 1 is 0.789 bits per heavy atom. The molecule has 0 amide bonds. The van der Waals surface area contributed by atoms with Gasteiger partial charge in [-0.2, -0.15) is 0 Å². The highest BCUT2D eigenvalue weighted by molar-refractivity contribution is 6.02. The molecular formula is C46H46O11. The van der Waals surface area contributed by atoms with Crippen molar-refractivity contribution in [3.05, 3.63) is 133 Å². The number of benzene rings is 4. The lowest BCUT2D eigenvalue weighted by Crippen LogP contribution is -2.32. The Kier molecular flexibility index (Phi) is 11.3. The number of rotatable bonds is 10. The third-order valence-electron chi connectivity index (χ3n) is 10.5. The van der Waals surface area contributed by atoms with Crippen LogP contribution in [0.5, 0.6) is 40.2 Å². The molecule has 0 spiro atoms. The predicted octanol–water partition coefficient (Wildman–Crippen LogP) is 8.63. The first-order chi connectivity index (χ1) is 27.0. The van der Waals surface area contributed by atoms with Gasteiger partial charge in [-0.3, -0.25) is 9.59 Å². The number of phenolic OH excluding ortho intramolecular Hbond substituents is 7. The maximum Gasteiger partial charge on any atom is 0.200 e. The second kappa shape index (κ2) is 16.0. The lowest BCUT2D eigenvalue weighted by atomic mass is 9.65. The highest BCUT2D eigenvalue weighted by Gasteiger charge is 2.44. The lowest BCUT2D eigenvalue weighted by molar-refractivity contribution is 0.0876. The van der Waals surface area contributed by atoms with Crippen LogP contribution in [-0.4, -0.2) is 46.6 Å². The molecule has 11 heteroatoms. The molecule has 0 bridgehead atoms. The summed E-state index contributed by atoms with van der Waals surface area (Å²) in [4.78, 5) is 29.6. The predicted molar refractivity (Wildman–Crippen MR) is 216 cm³/mol. The molecule has 3 atom stereocenters. The number of carbonyl (C=O) groups excluding carboxylic acids is 1. The number of hydrogen-bond donors (Lipinski definition) is 8. The summed E-state index contributed by atoms with van der Waals surface area (Å²) in [7, 11) is 0. The van der Waals surface area contributed by atoms with Crippen LogP contribution in [0, 0.1) is 5.92 Å². The normalized spacial score (nSPS) is 16.6. The fourth-order valence-electron chi connectivity index (χ4n) is 7.71. The van der Waals surface area contributed by atoms with Gasteiger partial charge in [0.15, 0.2) is 5.78 Å². The number of allylic oxidation sites excluding steroid dienone is 6. The number of fused-ring (bicyclic) bond motifs is 1. The number of aromatic hydroxyl groups is 7. The molecule has 0 radical (unpaired) electrons. The number of ketones is 1. The minimum Gasteiger partial charge on any atom is -0.508 e. The molecule has 57 heavy (non-hydrogen) atoms. The number of carbonyl (C=O) groups is 1. The van der Waals surface area contributed by atoms with E-state index in [1.807, 2.05) is 33.8 Å². The van der Waals surface area contributed by atoms with E-state index in [0.717, 1.165) is 34.9 Å². The summed E-state index contributed by atoms with van der Waals surface area (Å²) in [6.45, 7) is 8.90. The maximum absolute atomic E-state index is 15.0. The second-order valence-electron chi connectivity index (χ2n) is 15.2. The Bertz CT molecular complexity index is 2560. The van der Waals surface area contributed by atoms with Gasteiger partial charge < -0.3 is 45.3 Å². The van der Waals surface area contributed by atoms with Gasteiger partial charge >= 0.3 is 0 Å². The largest absolute Gasteiger partial charge is 0.508 e. The van der Waals surface area contributed by atoms with E-state index in [1.165, 1.54) is 24.3 Å². The van der Waals surface area contributed by atoms with Crippen molar-refractivity contribution in [1.82, 2.24) is 0 Å². The molecule has 5 aromatic rings. The monoisotopic (exact) mass is 774 g/mol. The van der Waals surface area contributed by atoms with Crippen molar-refractivity contribution in [2.75, 3.05) is 0 Å². The molecular weight excluding hydrogens is 728 g/mol. The average molecular weight is 775 g/mol. The summed E-state index contributed by atoms with van der Waals surface area (Å²) in [6.07, 6.45) is 5.87. The Labute approximate surface area is 329 Å². The summed E-state index contributed by atoms with van der Waals surface area (Å²) in [5, 5.41) is 87.3. The topological polar surface area (TPSA) is 209 Å². The van der Waals surface area contributed by atoms with Crippen molar-refractivity contribution in [2.24, 2.45) is 5.92 Å². The van der Waals surface area contributed by atoms with Gasteiger partial charge in [0, 0.05) is 47.1 Å². The Morgan fingerprint density at radius 3 is 2.14 bits per heavy atom. The van der Waals surface area contributed by atoms with Gasteiger partial charge in [0.1, 0.15) is 57.0 Å². The fourth-order valence-corrected chi connectivity index (χ4v) is 7.71. The molecule has 296 valence electrons. The van der Waals surface area contributed by atoms with Gasteiger partial charge in [-0.25, -0.2) is 0 Å². The maximum atomic E-state index is 15.0. The number of aliphatic hydroxyl groups is 1. The number of phenols is 7. The van der Waals surface area contributed by atoms with Crippen LogP contribution in [0.2, 0.25) is 0 Å². The summed E-state index contributed by atoms with van der Waals surface area (Å²) in [5.41, 5.74) is 2.70. The van der Waals surface area contributed by atoms with E-state index in [0.29, 0.717) is 16.7 Å². The number of aliphatic hydroxyl groups excluding tert-OH is 1. The van der Waals surface area contributed by atoms with Crippen LogP contribution >= 0.6 is 0 Å². The van der Waals surface area contributed by atoms with Crippen LogP contribution in [0.1, 0.15) is 91.1 Å². The summed E-state index contributed by atoms with van der Waals surface area (Å²) in [6, 6.07) is 12.1. The van der Waals surface area contributed by atoms with E-state index < -0.39 is 46.2 Å². The highest BCUT2D eigenvalue weighted by atomic mass is 16.3. The van der Waals surface area contributed by atoms with Gasteiger partial charge in [-0.1, -0.05) is 47.1 Å². The van der Waals surface area contributed by atoms with Crippen LogP contribution in [-0.2, 0) is 19.4 Å². The molecule has 1 aliphatic carbocycles. The molecule has 6 rings (SSSR count). The summed E-state index contributed by atoms with van der Waals surface area (Å²) < 4.78 is 6.20. The molecule has 11 nitrogen and oxygen atoms in total.